The summed E-state index contributed by atoms with van der Waals surface area (Å²) in [6.45, 7) is 16.1. The van der Waals surface area contributed by atoms with Gasteiger partial charge in [0.05, 0.1) is 8.07 Å². The van der Waals surface area contributed by atoms with Crippen LogP contribution < -0.4 is 0 Å². The van der Waals surface area contributed by atoms with Crippen molar-refractivity contribution in [3.05, 3.63) is 24.0 Å². The number of likely N-dealkylation sites (tertiary alicyclic amines) is 1. The summed E-state index contributed by atoms with van der Waals surface area (Å²) >= 11 is 0. The van der Waals surface area contributed by atoms with Crippen molar-refractivity contribution in [2.45, 2.75) is 63.7 Å². The number of allylic oxidation sites excluding steroid dienone is 1. The van der Waals surface area contributed by atoms with Gasteiger partial charge < -0.3 is 4.57 Å². The van der Waals surface area contributed by atoms with E-state index in [0.29, 0.717) is 11.6 Å². The molecular weight excluding hydrogens is 276 g/mol. The Morgan fingerprint density at radius 3 is 2.20 bits per heavy atom. The molecular formula is C16H32N2Si2. The topological polar surface area (TPSA) is 6.48 Å². The molecule has 1 fully saturated rings. The Morgan fingerprint density at radius 2 is 1.75 bits per heavy atom. The third-order valence-electron chi connectivity index (χ3n) is 4.70. The minimum atomic E-state index is -1.29. The fourth-order valence-electron chi connectivity index (χ4n) is 3.40. The predicted octanol–water partition coefficient (Wildman–Crippen LogP) is 4.34. The standard InChI is InChI=1S/C16H32N2Si2/c1-17-11-8-9-15(17)14-13-18(20(5,6)7)12-10-16(14)19(2,3)4/h10,12-13,15-16H,8-9,11H2,1-7H3/t15?,16-/m0/s1. The summed E-state index contributed by atoms with van der Waals surface area (Å²) in [6, 6.07) is 0.676. The van der Waals surface area contributed by atoms with E-state index in [1.165, 1.54) is 19.4 Å². The lowest BCUT2D eigenvalue weighted by molar-refractivity contribution is 0.338. The van der Waals surface area contributed by atoms with Gasteiger partial charge in [-0.3, -0.25) is 4.90 Å². The molecule has 0 amide bonds. The van der Waals surface area contributed by atoms with E-state index in [1.54, 1.807) is 5.57 Å². The third-order valence-corrected chi connectivity index (χ3v) is 8.92. The van der Waals surface area contributed by atoms with E-state index < -0.39 is 16.3 Å². The summed E-state index contributed by atoms with van der Waals surface area (Å²) in [5, 5.41) is 0. The number of hydrogen-bond donors (Lipinski definition) is 0. The maximum Gasteiger partial charge on any atom is 0.152 e. The van der Waals surface area contributed by atoms with Crippen molar-refractivity contribution in [1.29, 1.82) is 0 Å². The summed E-state index contributed by atoms with van der Waals surface area (Å²) in [5.41, 5.74) is 2.41. The van der Waals surface area contributed by atoms with Gasteiger partial charge in [-0.05, 0) is 49.9 Å². The fraction of sp³-hybridized carbons (Fsp3) is 0.750. The molecule has 0 N–H and O–H groups in total. The van der Waals surface area contributed by atoms with Crippen molar-refractivity contribution in [2.24, 2.45) is 0 Å². The van der Waals surface area contributed by atoms with Crippen LogP contribution in [-0.4, -0.2) is 45.4 Å². The summed E-state index contributed by atoms with van der Waals surface area (Å²) in [4.78, 5) is 2.57. The van der Waals surface area contributed by atoms with Gasteiger partial charge >= 0.3 is 0 Å². The van der Waals surface area contributed by atoms with Gasteiger partial charge in [-0.1, -0.05) is 45.4 Å². The van der Waals surface area contributed by atoms with E-state index in [4.69, 9.17) is 0 Å². The predicted molar refractivity (Wildman–Crippen MR) is 95.2 cm³/mol. The first kappa shape index (κ1) is 16.1. The monoisotopic (exact) mass is 308 g/mol. The minimum Gasteiger partial charge on any atom is -0.381 e. The highest BCUT2D eigenvalue weighted by Crippen LogP contribution is 2.40. The van der Waals surface area contributed by atoms with E-state index in [9.17, 15) is 0 Å². The van der Waals surface area contributed by atoms with E-state index >= 15 is 0 Å². The van der Waals surface area contributed by atoms with Crippen LogP contribution in [0.2, 0.25) is 44.8 Å². The molecule has 0 aromatic heterocycles. The Morgan fingerprint density at radius 1 is 1.10 bits per heavy atom. The Bertz CT molecular complexity index is 415. The Balaban J connectivity index is 2.35. The molecule has 1 unspecified atom stereocenters. The van der Waals surface area contributed by atoms with Crippen LogP contribution in [-0.2, 0) is 0 Å². The van der Waals surface area contributed by atoms with Crippen LogP contribution in [0.3, 0.4) is 0 Å². The van der Waals surface area contributed by atoms with E-state index in [1.807, 2.05) is 0 Å². The molecule has 0 bridgehead atoms. The second-order valence-corrected chi connectivity index (χ2v) is 18.7. The molecule has 20 heavy (non-hydrogen) atoms. The molecule has 114 valence electrons. The summed E-state index contributed by atoms with van der Waals surface area (Å²) < 4.78 is 2.55. The van der Waals surface area contributed by atoms with Crippen LogP contribution in [0, 0.1) is 0 Å². The zero-order valence-electron chi connectivity index (χ0n) is 14.4. The third kappa shape index (κ3) is 3.29. The van der Waals surface area contributed by atoms with Gasteiger partial charge in [0.25, 0.3) is 0 Å². The Hall–Kier alpha value is -0.326. The Labute approximate surface area is 127 Å². The molecule has 2 aliphatic heterocycles. The summed E-state index contributed by atoms with van der Waals surface area (Å²) in [7, 11) is -0.189. The van der Waals surface area contributed by atoms with Gasteiger partial charge in [0.2, 0.25) is 0 Å². The minimum absolute atomic E-state index is 0.676. The molecule has 0 spiro atoms. The van der Waals surface area contributed by atoms with Crippen LogP contribution >= 0.6 is 0 Å². The highest BCUT2D eigenvalue weighted by molar-refractivity contribution is 6.79. The zero-order valence-corrected chi connectivity index (χ0v) is 16.4. The molecule has 0 aromatic rings. The van der Waals surface area contributed by atoms with E-state index in [-0.39, 0.29) is 0 Å². The molecule has 2 rings (SSSR count). The lowest BCUT2D eigenvalue weighted by atomic mass is 10.0. The quantitative estimate of drug-likeness (QED) is 0.716. The van der Waals surface area contributed by atoms with Gasteiger partial charge in [0.1, 0.15) is 0 Å². The molecule has 2 nitrogen and oxygen atoms in total. The smallest absolute Gasteiger partial charge is 0.152 e. The van der Waals surface area contributed by atoms with Gasteiger partial charge in [0, 0.05) is 6.04 Å². The lowest BCUT2D eigenvalue weighted by Crippen LogP contribution is -2.44. The van der Waals surface area contributed by atoms with Crippen molar-refractivity contribution in [3.8, 4) is 0 Å². The largest absolute Gasteiger partial charge is 0.381 e. The van der Waals surface area contributed by atoms with Gasteiger partial charge in [-0.2, -0.15) is 0 Å². The highest BCUT2D eigenvalue weighted by atomic mass is 28.3. The Kier molecular flexibility index (Phi) is 4.39. The highest BCUT2D eigenvalue weighted by Gasteiger charge is 2.38. The zero-order chi connectivity index (χ0) is 15.1. The van der Waals surface area contributed by atoms with Crippen LogP contribution in [0.5, 0.6) is 0 Å². The van der Waals surface area contributed by atoms with Crippen LogP contribution in [0.25, 0.3) is 0 Å². The molecule has 0 aromatic carbocycles. The van der Waals surface area contributed by atoms with Crippen LogP contribution in [0.4, 0.5) is 0 Å². The molecule has 2 atom stereocenters. The first-order valence-electron chi connectivity index (χ1n) is 7.99. The first-order valence-corrected chi connectivity index (χ1v) is 15.0. The maximum atomic E-state index is 2.57. The van der Waals surface area contributed by atoms with Crippen LogP contribution in [0.15, 0.2) is 24.0 Å². The molecule has 2 aliphatic rings. The molecule has 0 saturated carbocycles. The fourth-order valence-corrected chi connectivity index (χ4v) is 6.40. The SMILES string of the molecule is CN1CCCC1C1=CN([Si](C)(C)C)C=C[C@@H]1[Si](C)(C)C. The second-order valence-electron chi connectivity index (χ2n) is 8.53. The molecule has 4 heteroatoms. The first-order chi connectivity index (χ1) is 9.10. The number of likely N-dealkylation sites (N-methyl/N-ethyl adjacent to an activating group) is 1. The summed E-state index contributed by atoms with van der Waals surface area (Å²) in [5.74, 6) is 0. The molecule has 1 saturated heterocycles. The molecule has 0 aliphatic carbocycles. The van der Waals surface area contributed by atoms with Crippen molar-refractivity contribution in [2.75, 3.05) is 13.6 Å². The average Bonchev–Trinajstić information content (AvgIpc) is 2.72. The normalized spacial score (nSPS) is 28.9. The average molecular weight is 309 g/mol. The number of nitrogens with zero attached hydrogens (tertiary/aromatic N) is 2. The van der Waals surface area contributed by atoms with Crippen LogP contribution in [0.1, 0.15) is 12.8 Å². The van der Waals surface area contributed by atoms with Crippen molar-refractivity contribution in [3.63, 3.8) is 0 Å². The lowest BCUT2D eigenvalue weighted by Gasteiger charge is -2.41. The summed E-state index contributed by atoms with van der Waals surface area (Å²) in [6.07, 6.45) is 10.1. The van der Waals surface area contributed by atoms with Gasteiger partial charge in [-0.25, -0.2) is 0 Å². The van der Waals surface area contributed by atoms with E-state index in [0.717, 1.165) is 0 Å². The molecule has 0 radical (unpaired) electrons. The van der Waals surface area contributed by atoms with Gasteiger partial charge in [-0.15, -0.1) is 0 Å². The number of rotatable bonds is 3. The second kappa shape index (κ2) is 5.46. The molecule has 2 heterocycles. The van der Waals surface area contributed by atoms with Crippen molar-refractivity contribution >= 4 is 16.3 Å². The van der Waals surface area contributed by atoms with Crippen molar-refractivity contribution < 1.29 is 0 Å². The van der Waals surface area contributed by atoms with Crippen molar-refractivity contribution in [1.82, 2.24) is 9.47 Å². The van der Waals surface area contributed by atoms with Gasteiger partial charge in [0.15, 0.2) is 8.24 Å². The van der Waals surface area contributed by atoms with E-state index in [2.05, 4.69) is 74.3 Å². The number of hydrogen-bond acceptors (Lipinski definition) is 2. The maximum absolute atomic E-state index is 2.57.